The van der Waals surface area contributed by atoms with Gasteiger partial charge in [-0.3, -0.25) is 9.59 Å². The number of carboxylic acids is 1. The lowest BCUT2D eigenvalue weighted by Crippen LogP contribution is -2.35. The molecule has 0 fully saturated rings. The van der Waals surface area contributed by atoms with Crippen LogP contribution in [0.3, 0.4) is 0 Å². The highest BCUT2D eigenvalue weighted by atomic mass is 35.5. The van der Waals surface area contributed by atoms with Crippen LogP contribution < -0.4 is 5.32 Å². The van der Waals surface area contributed by atoms with E-state index in [4.69, 9.17) is 28.3 Å². The van der Waals surface area contributed by atoms with Crippen LogP contribution in [0.5, 0.6) is 0 Å². The number of carbonyl (C=O) groups excluding carboxylic acids is 1. The molecule has 1 unspecified atom stereocenters. The molecule has 0 aliphatic heterocycles. The summed E-state index contributed by atoms with van der Waals surface area (Å²) in [5, 5.41) is 12.5. The Morgan fingerprint density at radius 3 is 2.71 bits per heavy atom. The minimum atomic E-state index is -0.935. The van der Waals surface area contributed by atoms with Crippen LogP contribution >= 0.6 is 23.2 Å². The summed E-state index contributed by atoms with van der Waals surface area (Å²) in [6.07, 6.45) is 4.19. The van der Waals surface area contributed by atoms with Gasteiger partial charge in [-0.1, -0.05) is 36.5 Å². The maximum atomic E-state index is 11.8. The Kier molecular flexibility index (Phi) is 7.26. The molecule has 21 heavy (non-hydrogen) atoms. The lowest BCUT2D eigenvalue weighted by Gasteiger charge is -2.14. The molecule has 0 heterocycles. The van der Waals surface area contributed by atoms with Crippen molar-refractivity contribution in [3.05, 3.63) is 39.9 Å². The van der Waals surface area contributed by atoms with E-state index < -0.39 is 5.97 Å². The topological polar surface area (TPSA) is 66.4 Å². The van der Waals surface area contributed by atoms with Gasteiger partial charge in [0.2, 0.25) is 5.91 Å². The fourth-order valence-corrected chi connectivity index (χ4v) is 2.20. The van der Waals surface area contributed by atoms with E-state index in [1.54, 1.807) is 24.3 Å². The van der Waals surface area contributed by atoms with E-state index in [-0.39, 0.29) is 18.4 Å². The van der Waals surface area contributed by atoms with Gasteiger partial charge in [0.15, 0.2) is 0 Å². The fraction of sp³-hybridized carbons (Fsp3) is 0.333. The van der Waals surface area contributed by atoms with Gasteiger partial charge in [0.25, 0.3) is 0 Å². The largest absolute Gasteiger partial charge is 0.481 e. The minimum Gasteiger partial charge on any atom is -0.481 e. The van der Waals surface area contributed by atoms with E-state index >= 15 is 0 Å². The van der Waals surface area contributed by atoms with Crippen molar-refractivity contribution in [2.75, 3.05) is 0 Å². The highest BCUT2D eigenvalue weighted by Gasteiger charge is 2.13. The summed E-state index contributed by atoms with van der Waals surface area (Å²) in [5.74, 6) is -1.29. The monoisotopic (exact) mass is 329 g/mol. The molecule has 6 heteroatoms. The van der Waals surface area contributed by atoms with Crippen molar-refractivity contribution < 1.29 is 14.7 Å². The number of hydrogen-bond acceptors (Lipinski definition) is 2. The van der Waals surface area contributed by atoms with Crippen LogP contribution in [0.25, 0.3) is 6.08 Å². The number of carbonyl (C=O) groups is 2. The fourth-order valence-electron chi connectivity index (χ4n) is 1.84. The van der Waals surface area contributed by atoms with Gasteiger partial charge in [0.05, 0.1) is 6.42 Å². The smallest absolute Gasteiger partial charge is 0.305 e. The number of amides is 1. The zero-order valence-corrected chi connectivity index (χ0v) is 13.1. The molecule has 0 bridgehead atoms. The minimum absolute atomic E-state index is 0.0919. The van der Waals surface area contributed by atoms with Crippen LogP contribution in [-0.4, -0.2) is 23.0 Å². The normalized spacial score (nSPS) is 12.3. The first-order chi connectivity index (χ1) is 9.92. The van der Waals surface area contributed by atoms with Crippen LogP contribution in [-0.2, 0) is 9.59 Å². The lowest BCUT2D eigenvalue weighted by molar-refractivity contribution is -0.137. The first-order valence-corrected chi connectivity index (χ1v) is 7.33. The van der Waals surface area contributed by atoms with Gasteiger partial charge >= 0.3 is 5.97 Å². The van der Waals surface area contributed by atoms with Gasteiger partial charge in [-0.25, -0.2) is 0 Å². The molecule has 4 nitrogen and oxygen atoms in total. The van der Waals surface area contributed by atoms with E-state index in [0.29, 0.717) is 22.0 Å². The summed E-state index contributed by atoms with van der Waals surface area (Å²) in [6, 6.07) is 4.57. The molecule has 1 rings (SSSR count). The van der Waals surface area contributed by atoms with E-state index in [0.717, 1.165) is 6.42 Å². The van der Waals surface area contributed by atoms with Crippen molar-refractivity contribution >= 4 is 41.2 Å². The summed E-state index contributed by atoms with van der Waals surface area (Å²) in [6.45, 7) is 1.93. The SMILES string of the molecule is CCCC(CC(=O)O)NC(=O)/C=C/c1cc(Cl)ccc1Cl. The second kappa shape index (κ2) is 8.70. The molecule has 0 aromatic heterocycles. The molecule has 1 amide bonds. The molecule has 2 N–H and O–H groups in total. The second-order valence-corrected chi connectivity index (χ2v) is 5.43. The summed E-state index contributed by atoms with van der Waals surface area (Å²) < 4.78 is 0. The Bertz CT molecular complexity index is 544. The molecule has 0 spiro atoms. The quantitative estimate of drug-likeness (QED) is 0.748. The number of aliphatic carboxylic acids is 1. The highest BCUT2D eigenvalue weighted by Crippen LogP contribution is 2.21. The first kappa shape index (κ1) is 17.5. The third-order valence-corrected chi connectivity index (χ3v) is 3.36. The molecule has 1 aromatic rings. The van der Waals surface area contributed by atoms with Gasteiger partial charge < -0.3 is 10.4 Å². The highest BCUT2D eigenvalue weighted by molar-refractivity contribution is 6.34. The van der Waals surface area contributed by atoms with E-state index in [1.807, 2.05) is 6.92 Å². The zero-order chi connectivity index (χ0) is 15.8. The molecule has 0 saturated heterocycles. The van der Waals surface area contributed by atoms with Crippen molar-refractivity contribution in [3.8, 4) is 0 Å². The van der Waals surface area contributed by atoms with Crippen LogP contribution in [0.15, 0.2) is 24.3 Å². The second-order valence-electron chi connectivity index (χ2n) is 4.59. The van der Waals surface area contributed by atoms with Crippen LogP contribution in [0, 0.1) is 0 Å². The number of benzene rings is 1. The molecule has 0 aliphatic carbocycles. The van der Waals surface area contributed by atoms with Gasteiger partial charge in [-0.05, 0) is 36.3 Å². The molecular formula is C15H17Cl2NO3. The molecule has 0 saturated carbocycles. The Labute approximate surface area is 133 Å². The van der Waals surface area contributed by atoms with Crippen molar-refractivity contribution in [2.24, 2.45) is 0 Å². The molecule has 0 radical (unpaired) electrons. The summed E-state index contributed by atoms with van der Waals surface area (Å²) in [7, 11) is 0. The Morgan fingerprint density at radius 2 is 2.10 bits per heavy atom. The zero-order valence-electron chi connectivity index (χ0n) is 11.6. The van der Waals surface area contributed by atoms with Crippen molar-refractivity contribution in [1.82, 2.24) is 5.32 Å². The Morgan fingerprint density at radius 1 is 1.38 bits per heavy atom. The van der Waals surface area contributed by atoms with Crippen LogP contribution in [0.2, 0.25) is 10.0 Å². The summed E-state index contributed by atoms with van der Waals surface area (Å²) >= 11 is 11.8. The summed E-state index contributed by atoms with van der Waals surface area (Å²) in [4.78, 5) is 22.5. The molecule has 1 aromatic carbocycles. The molecule has 0 aliphatic rings. The average Bonchev–Trinajstić information content (AvgIpc) is 2.39. The molecule has 114 valence electrons. The number of rotatable bonds is 7. The number of carboxylic acid groups (broad SMARTS) is 1. The average molecular weight is 330 g/mol. The summed E-state index contributed by atoms with van der Waals surface area (Å²) in [5.41, 5.74) is 0.629. The van der Waals surface area contributed by atoms with Crippen molar-refractivity contribution in [2.45, 2.75) is 32.2 Å². The van der Waals surface area contributed by atoms with Gasteiger partial charge in [0.1, 0.15) is 0 Å². The standard InChI is InChI=1S/C15H17Cl2NO3/c1-2-3-12(9-15(20)21)18-14(19)7-4-10-8-11(16)5-6-13(10)17/h4-8,12H,2-3,9H2,1H3,(H,18,19)(H,20,21)/b7-4+. The van der Waals surface area contributed by atoms with Gasteiger partial charge in [0, 0.05) is 22.2 Å². The maximum Gasteiger partial charge on any atom is 0.305 e. The third kappa shape index (κ3) is 6.65. The van der Waals surface area contributed by atoms with Crippen LogP contribution in [0.1, 0.15) is 31.7 Å². The van der Waals surface area contributed by atoms with Crippen molar-refractivity contribution in [1.29, 1.82) is 0 Å². The Balaban J connectivity index is 2.68. The molecule has 1 atom stereocenters. The van der Waals surface area contributed by atoms with Crippen molar-refractivity contribution in [3.63, 3.8) is 0 Å². The lowest BCUT2D eigenvalue weighted by atomic mass is 10.1. The van der Waals surface area contributed by atoms with Crippen LogP contribution in [0.4, 0.5) is 0 Å². The predicted molar refractivity (Wildman–Crippen MR) is 84.6 cm³/mol. The third-order valence-electron chi connectivity index (χ3n) is 2.78. The van der Waals surface area contributed by atoms with E-state index in [1.165, 1.54) is 6.08 Å². The van der Waals surface area contributed by atoms with E-state index in [2.05, 4.69) is 5.32 Å². The van der Waals surface area contributed by atoms with E-state index in [9.17, 15) is 9.59 Å². The van der Waals surface area contributed by atoms with Gasteiger partial charge in [-0.15, -0.1) is 0 Å². The predicted octanol–water partition coefficient (Wildman–Crippen LogP) is 3.77. The molecular weight excluding hydrogens is 313 g/mol. The number of hydrogen-bond donors (Lipinski definition) is 2. The maximum absolute atomic E-state index is 11.8. The first-order valence-electron chi connectivity index (χ1n) is 6.57. The Hall–Kier alpha value is -1.52. The number of halogens is 2. The number of nitrogens with one attached hydrogen (secondary N) is 1. The van der Waals surface area contributed by atoms with Gasteiger partial charge in [-0.2, -0.15) is 0 Å².